The van der Waals surface area contributed by atoms with Crippen molar-refractivity contribution in [1.82, 2.24) is 9.80 Å². The second-order valence-corrected chi connectivity index (χ2v) is 5.79. The molecule has 2 nitrogen and oxygen atoms in total. The van der Waals surface area contributed by atoms with Crippen molar-refractivity contribution in [3.05, 3.63) is 0 Å². The number of hydrogen-bond donors (Lipinski definition) is 0. The average Bonchev–Trinajstić information content (AvgIpc) is 1.88. The lowest BCUT2D eigenvalue weighted by Crippen LogP contribution is -2.67. The Labute approximate surface area is 80.9 Å². The fraction of sp³-hybridized carbons (Fsp3) is 1.00. The van der Waals surface area contributed by atoms with Crippen molar-refractivity contribution in [3.63, 3.8) is 0 Å². The topological polar surface area (TPSA) is 6.48 Å². The van der Waals surface area contributed by atoms with Crippen LogP contribution < -0.4 is 0 Å². The summed E-state index contributed by atoms with van der Waals surface area (Å²) in [7, 11) is 2.24. The summed E-state index contributed by atoms with van der Waals surface area (Å²) in [6.45, 7) is 7.84. The van der Waals surface area contributed by atoms with Crippen molar-refractivity contribution in [2.45, 2.75) is 25.8 Å². The number of hydrogen-bond acceptors (Lipinski definition) is 2. The van der Waals surface area contributed by atoms with Gasteiger partial charge in [0, 0.05) is 32.2 Å². The lowest BCUT2D eigenvalue weighted by Gasteiger charge is -2.62. The minimum Gasteiger partial charge on any atom is -0.305 e. The summed E-state index contributed by atoms with van der Waals surface area (Å²) in [5.74, 6) is 0.973. The van der Waals surface area contributed by atoms with Crippen molar-refractivity contribution in [2.75, 3.05) is 33.2 Å². The van der Waals surface area contributed by atoms with Gasteiger partial charge in [-0.15, -0.1) is 0 Å². The molecule has 74 valence electrons. The zero-order valence-corrected chi connectivity index (χ0v) is 8.79. The normalized spacial score (nSPS) is 35.5. The van der Waals surface area contributed by atoms with Gasteiger partial charge in [0.15, 0.2) is 0 Å². The first kappa shape index (κ1) is 8.25. The van der Waals surface area contributed by atoms with Gasteiger partial charge in [0.25, 0.3) is 0 Å². The lowest BCUT2D eigenvalue weighted by molar-refractivity contribution is -0.120. The molecule has 0 N–H and O–H groups in total. The maximum atomic E-state index is 2.69. The van der Waals surface area contributed by atoms with Crippen LogP contribution >= 0.6 is 0 Å². The third-order valence-electron chi connectivity index (χ3n) is 4.16. The highest BCUT2D eigenvalue weighted by atomic mass is 15.3. The predicted molar refractivity (Wildman–Crippen MR) is 53.7 cm³/mol. The van der Waals surface area contributed by atoms with Crippen LogP contribution in [0.1, 0.15) is 19.8 Å². The van der Waals surface area contributed by atoms with E-state index >= 15 is 0 Å². The standard InChI is InChI=1S/C11H20N2/c1-9-5-13(6-9)10-3-11(4-10)7-12(2)8-11/h9-10H,3-8H2,1-2H3. The summed E-state index contributed by atoms with van der Waals surface area (Å²) in [5, 5.41) is 0. The fourth-order valence-corrected chi connectivity index (χ4v) is 3.60. The van der Waals surface area contributed by atoms with Crippen LogP contribution in [0.2, 0.25) is 0 Å². The Morgan fingerprint density at radius 3 is 2.23 bits per heavy atom. The van der Waals surface area contributed by atoms with Gasteiger partial charge in [-0.05, 0) is 31.2 Å². The minimum absolute atomic E-state index is 0.776. The third-order valence-corrected chi connectivity index (χ3v) is 4.16. The first-order valence-corrected chi connectivity index (χ1v) is 5.59. The van der Waals surface area contributed by atoms with Gasteiger partial charge in [0.2, 0.25) is 0 Å². The highest BCUT2D eigenvalue weighted by Crippen LogP contribution is 2.50. The SMILES string of the molecule is CC1CN(C2CC3(C2)CN(C)C3)C1. The van der Waals surface area contributed by atoms with E-state index in [4.69, 9.17) is 0 Å². The smallest absolute Gasteiger partial charge is 0.0108 e. The third kappa shape index (κ3) is 1.15. The molecule has 2 heterocycles. The van der Waals surface area contributed by atoms with E-state index in [0.29, 0.717) is 0 Å². The van der Waals surface area contributed by atoms with Crippen LogP contribution in [0.25, 0.3) is 0 Å². The molecule has 1 aliphatic carbocycles. The van der Waals surface area contributed by atoms with Crippen LogP contribution in [0, 0.1) is 11.3 Å². The molecule has 0 aromatic rings. The van der Waals surface area contributed by atoms with E-state index in [2.05, 4.69) is 23.8 Å². The summed E-state index contributed by atoms with van der Waals surface area (Å²) in [6, 6.07) is 0.963. The molecule has 2 saturated heterocycles. The van der Waals surface area contributed by atoms with Crippen molar-refractivity contribution >= 4 is 0 Å². The molecule has 2 aliphatic heterocycles. The average molecular weight is 180 g/mol. The van der Waals surface area contributed by atoms with Crippen molar-refractivity contribution in [1.29, 1.82) is 0 Å². The van der Waals surface area contributed by atoms with E-state index < -0.39 is 0 Å². The monoisotopic (exact) mass is 180 g/mol. The summed E-state index contributed by atoms with van der Waals surface area (Å²) >= 11 is 0. The molecule has 13 heavy (non-hydrogen) atoms. The van der Waals surface area contributed by atoms with Gasteiger partial charge < -0.3 is 4.90 Å². The molecule has 3 fully saturated rings. The quantitative estimate of drug-likeness (QED) is 0.595. The maximum absolute atomic E-state index is 2.69. The molecule has 3 aliphatic rings. The molecule has 2 heteroatoms. The Morgan fingerprint density at radius 1 is 1.15 bits per heavy atom. The van der Waals surface area contributed by atoms with E-state index in [-0.39, 0.29) is 0 Å². The Kier molecular flexibility index (Phi) is 1.58. The van der Waals surface area contributed by atoms with Gasteiger partial charge in [-0.25, -0.2) is 0 Å². The Balaban J connectivity index is 1.48. The first-order chi connectivity index (χ1) is 6.17. The van der Waals surface area contributed by atoms with E-state index in [9.17, 15) is 0 Å². The number of rotatable bonds is 1. The van der Waals surface area contributed by atoms with Gasteiger partial charge in [0.1, 0.15) is 0 Å². The van der Waals surface area contributed by atoms with E-state index in [1.807, 2.05) is 0 Å². The van der Waals surface area contributed by atoms with E-state index in [0.717, 1.165) is 17.4 Å². The van der Waals surface area contributed by atoms with Gasteiger partial charge in [-0.2, -0.15) is 0 Å². The Hall–Kier alpha value is -0.0800. The first-order valence-electron chi connectivity index (χ1n) is 5.59. The molecular weight excluding hydrogens is 160 g/mol. The zero-order valence-electron chi connectivity index (χ0n) is 8.79. The van der Waals surface area contributed by atoms with Crippen LogP contribution in [0.3, 0.4) is 0 Å². The lowest BCUT2D eigenvalue weighted by atomic mass is 9.60. The largest absolute Gasteiger partial charge is 0.305 e. The second kappa shape index (κ2) is 2.48. The van der Waals surface area contributed by atoms with Crippen LogP contribution in [0.4, 0.5) is 0 Å². The minimum atomic E-state index is 0.776. The second-order valence-electron chi connectivity index (χ2n) is 5.79. The van der Waals surface area contributed by atoms with Crippen molar-refractivity contribution in [3.8, 4) is 0 Å². The van der Waals surface area contributed by atoms with E-state index in [1.165, 1.54) is 39.0 Å². The van der Waals surface area contributed by atoms with Crippen molar-refractivity contribution in [2.24, 2.45) is 11.3 Å². The van der Waals surface area contributed by atoms with Gasteiger partial charge >= 0.3 is 0 Å². The molecule has 3 rings (SSSR count). The molecule has 0 atom stereocenters. The van der Waals surface area contributed by atoms with Crippen LogP contribution in [0.15, 0.2) is 0 Å². The summed E-state index contributed by atoms with van der Waals surface area (Å²) < 4.78 is 0. The van der Waals surface area contributed by atoms with Crippen LogP contribution in [0.5, 0.6) is 0 Å². The van der Waals surface area contributed by atoms with E-state index in [1.54, 1.807) is 0 Å². The predicted octanol–water partition coefficient (Wildman–Crippen LogP) is 1.03. The molecule has 0 aromatic carbocycles. The zero-order chi connectivity index (χ0) is 9.05. The highest BCUT2D eigenvalue weighted by molar-refractivity contribution is 5.07. The molecule has 0 aromatic heterocycles. The molecule has 1 saturated carbocycles. The van der Waals surface area contributed by atoms with Gasteiger partial charge in [-0.1, -0.05) is 6.92 Å². The van der Waals surface area contributed by atoms with Gasteiger partial charge in [-0.3, -0.25) is 4.90 Å². The molecule has 0 bridgehead atoms. The van der Waals surface area contributed by atoms with Crippen molar-refractivity contribution < 1.29 is 0 Å². The number of nitrogens with zero attached hydrogens (tertiary/aromatic N) is 2. The number of likely N-dealkylation sites (tertiary alicyclic amines) is 2. The maximum Gasteiger partial charge on any atom is 0.0108 e. The fourth-order valence-electron chi connectivity index (χ4n) is 3.60. The molecule has 0 unspecified atom stereocenters. The van der Waals surface area contributed by atoms with Crippen LogP contribution in [-0.4, -0.2) is 49.1 Å². The summed E-state index contributed by atoms with van der Waals surface area (Å²) in [5.41, 5.74) is 0.776. The van der Waals surface area contributed by atoms with Gasteiger partial charge in [0.05, 0.1) is 0 Å². The highest BCUT2D eigenvalue weighted by Gasteiger charge is 2.53. The Morgan fingerprint density at radius 2 is 1.77 bits per heavy atom. The molecule has 0 amide bonds. The summed E-state index contributed by atoms with van der Waals surface area (Å²) in [4.78, 5) is 5.14. The Bertz CT molecular complexity index is 206. The van der Waals surface area contributed by atoms with Crippen LogP contribution in [-0.2, 0) is 0 Å². The molecule has 0 radical (unpaired) electrons. The molecular formula is C11H20N2. The molecule has 1 spiro atoms. The summed E-state index contributed by atoms with van der Waals surface area (Å²) in [6.07, 6.45) is 2.98.